The summed E-state index contributed by atoms with van der Waals surface area (Å²) in [6.07, 6.45) is 1.89. The first-order valence-electron chi connectivity index (χ1n) is 18.6. The van der Waals surface area contributed by atoms with Crippen LogP contribution in [0.1, 0.15) is 5.56 Å². The normalized spacial score (nSPS) is 12.2. The maximum absolute atomic E-state index is 4.87. The number of anilines is 6. The van der Waals surface area contributed by atoms with Gasteiger partial charge in [-0.05, 0) is 59.3 Å². The summed E-state index contributed by atoms with van der Waals surface area (Å²) in [6.45, 7) is 2.85. The van der Waals surface area contributed by atoms with Gasteiger partial charge in [0, 0.05) is 29.9 Å². The van der Waals surface area contributed by atoms with E-state index in [1.54, 1.807) is 0 Å². The van der Waals surface area contributed by atoms with E-state index >= 15 is 0 Å². The Morgan fingerprint density at radius 3 is 1.96 bits per heavy atom. The number of rotatable bonds is 7. The van der Waals surface area contributed by atoms with E-state index in [1.807, 2.05) is 12.3 Å². The Morgan fingerprint density at radius 2 is 1.23 bits per heavy atom. The van der Waals surface area contributed by atoms with Crippen LogP contribution in [0.5, 0.6) is 0 Å². The molecule has 9 aromatic rings. The second kappa shape index (κ2) is 14.7. The summed E-state index contributed by atoms with van der Waals surface area (Å²) in [5.74, 6) is 0.867. The molecule has 0 saturated carbocycles. The van der Waals surface area contributed by atoms with Crippen molar-refractivity contribution in [2.45, 2.75) is 6.92 Å². The van der Waals surface area contributed by atoms with Crippen LogP contribution in [0, 0.1) is 19.1 Å². The number of para-hydroxylation sites is 4. The molecular weight excluding hydrogens is 866 g/mol. The van der Waals surface area contributed by atoms with Crippen molar-refractivity contribution in [1.29, 1.82) is 0 Å². The van der Waals surface area contributed by atoms with E-state index in [0.29, 0.717) is 0 Å². The number of hydrogen-bond donors (Lipinski definition) is 0. The fourth-order valence-electron chi connectivity index (χ4n) is 8.07. The van der Waals surface area contributed by atoms with Crippen LogP contribution in [0.15, 0.2) is 176 Å². The fraction of sp³-hybridized carbons (Fsp3) is 0.0600. The molecule has 0 aliphatic carbocycles. The SMILES string of the molecule is Cc1ccnc(-n2c3[c-]c(N(c4[c-]c(N5CN(C)c6ccccc65)ccc4)c4c(-c5ccccc5)cccc4-c4ccccc4)ccc3c3ccccc32)c1.[Pt+2]. The Balaban J connectivity index is 0.00000410. The topological polar surface area (TPSA) is 27.5 Å². The van der Waals surface area contributed by atoms with Crippen molar-refractivity contribution in [3.05, 3.63) is 194 Å². The number of benzene rings is 7. The number of fused-ring (bicyclic) bond motifs is 4. The predicted molar refractivity (Wildman–Crippen MR) is 228 cm³/mol. The molecule has 1 aliphatic rings. The van der Waals surface area contributed by atoms with Crippen LogP contribution in [-0.2, 0) is 21.1 Å². The van der Waals surface area contributed by atoms with Gasteiger partial charge in [0.25, 0.3) is 0 Å². The zero-order valence-corrected chi connectivity index (χ0v) is 33.3. The Hall–Kier alpha value is -6.42. The van der Waals surface area contributed by atoms with E-state index in [2.05, 4.69) is 209 Å². The summed E-state index contributed by atoms with van der Waals surface area (Å²) in [4.78, 5) is 11.8. The summed E-state index contributed by atoms with van der Waals surface area (Å²) >= 11 is 0. The monoisotopic (exact) mass is 902 g/mol. The number of hydrogen-bond acceptors (Lipinski definition) is 4. The summed E-state index contributed by atoms with van der Waals surface area (Å²) in [5.41, 5.74) is 13.9. The van der Waals surface area contributed by atoms with Gasteiger partial charge in [0.2, 0.25) is 0 Å². The quantitative estimate of drug-likeness (QED) is 0.149. The molecule has 7 aromatic carbocycles. The standard InChI is InChI=1S/C50H37N5.Pt/c1-35-29-30-51-49(31-35)55-45-24-10-9-21-43(45)44-28-27-40(33-48(44)55)54(39-20-13-19-38(32-39)53-34-52(2)46-25-11-12-26-47(46)53)50-41(36-15-5-3-6-16-36)22-14-23-42(50)37-17-7-4-8-18-37;/h3-31H,34H2,1-2H3;/q-2;+2. The van der Waals surface area contributed by atoms with E-state index in [4.69, 9.17) is 4.98 Å². The molecule has 0 atom stereocenters. The first kappa shape index (κ1) is 35.3. The van der Waals surface area contributed by atoms with Gasteiger partial charge >= 0.3 is 21.1 Å². The molecule has 0 N–H and O–H groups in total. The van der Waals surface area contributed by atoms with Gasteiger partial charge in [0.05, 0.1) is 23.7 Å². The molecular formula is C50H37N5Pt. The smallest absolute Gasteiger partial charge is 0.357 e. The molecule has 1 aliphatic heterocycles. The number of pyridine rings is 1. The van der Waals surface area contributed by atoms with Crippen LogP contribution in [0.3, 0.4) is 0 Å². The second-order valence-corrected chi connectivity index (χ2v) is 14.1. The molecule has 0 radical (unpaired) electrons. The van der Waals surface area contributed by atoms with Gasteiger partial charge in [-0.1, -0.05) is 132 Å². The maximum Gasteiger partial charge on any atom is 2.00 e. The molecule has 2 aromatic heterocycles. The number of aromatic nitrogens is 2. The summed E-state index contributed by atoms with van der Waals surface area (Å²) in [6, 6.07) is 68.1. The fourth-order valence-corrected chi connectivity index (χ4v) is 8.07. The van der Waals surface area contributed by atoms with Gasteiger partial charge in [-0.3, -0.25) is 0 Å². The van der Waals surface area contributed by atoms with E-state index in [-0.39, 0.29) is 21.1 Å². The molecule has 0 spiro atoms. The predicted octanol–water partition coefficient (Wildman–Crippen LogP) is 12.4. The molecule has 56 heavy (non-hydrogen) atoms. The zero-order valence-electron chi connectivity index (χ0n) is 31.0. The second-order valence-electron chi connectivity index (χ2n) is 14.1. The van der Waals surface area contributed by atoms with Gasteiger partial charge in [-0.15, -0.1) is 35.7 Å². The third kappa shape index (κ3) is 6.05. The van der Waals surface area contributed by atoms with Crippen molar-refractivity contribution in [3.63, 3.8) is 0 Å². The van der Waals surface area contributed by atoms with Crippen LogP contribution in [0.25, 0.3) is 49.9 Å². The average Bonchev–Trinajstić information content (AvgIpc) is 3.76. The van der Waals surface area contributed by atoms with Crippen molar-refractivity contribution in [1.82, 2.24) is 9.55 Å². The van der Waals surface area contributed by atoms with E-state index < -0.39 is 0 Å². The van der Waals surface area contributed by atoms with E-state index in [0.717, 1.165) is 84.9 Å². The zero-order chi connectivity index (χ0) is 36.9. The van der Waals surface area contributed by atoms with Gasteiger partial charge in [0.1, 0.15) is 5.82 Å². The molecule has 272 valence electrons. The summed E-state index contributed by atoms with van der Waals surface area (Å²) in [7, 11) is 2.14. The van der Waals surface area contributed by atoms with E-state index in [1.165, 1.54) is 11.4 Å². The third-order valence-corrected chi connectivity index (χ3v) is 10.6. The minimum absolute atomic E-state index is 0. The minimum Gasteiger partial charge on any atom is -0.357 e. The van der Waals surface area contributed by atoms with E-state index in [9.17, 15) is 0 Å². The van der Waals surface area contributed by atoms with Crippen molar-refractivity contribution in [2.24, 2.45) is 0 Å². The minimum atomic E-state index is 0. The van der Waals surface area contributed by atoms with Crippen molar-refractivity contribution in [3.8, 4) is 28.1 Å². The molecule has 0 saturated heterocycles. The summed E-state index contributed by atoms with van der Waals surface area (Å²) < 4.78 is 2.25. The molecule has 5 nitrogen and oxygen atoms in total. The van der Waals surface area contributed by atoms with Gasteiger partial charge in [-0.2, -0.15) is 12.1 Å². The van der Waals surface area contributed by atoms with Crippen LogP contribution < -0.4 is 14.7 Å². The van der Waals surface area contributed by atoms with Crippen LogP contribution in [0.2, 0.25) is 0 Å². The molecule has 0 bridgehead atoms. The van der Waals surface area contributed by atoms with Gasteiger partial charge in [-0.25, -0.2) is 4.98 Å². The maximum atomic E-state index is 4.87. The molecule has 0 fully saturated rings. The van der Waals surface area contributed by atoms with Crippen LogP contribution in [0.4, 0.5) is 34.1 Å². The first-order chi connectivity index (χ1) is 27.1. The molecule has 3 heterocycles. The van der Waals surface area contributed by atoms with Gasteiger partial charge in [0.15, 0.2) is 0 Å². The van der Waals surface area contributed by atoms with Crippen molar-refractivity contribution >= 4 is 55.9 Å². The molecule has 0 amide bonds. The van der Waals surface area contributed by atoms with Crippen molar-refractivity contribution < 1.29 is 21.1 Å². The average molecular weight is 903 g/mol. The Labute approximate surface area is 342 Å². The Kier molecular flexibility index (Phi) is 9.25. The van der Waals surface area contributed by atoms with Crippen LogP contribution in [-0.4, -0.2) is 23.3 Å². The Morgan fingerprint density at radius 1 is 0.589 bits per heavy atom. The largest absolute Gasteiger partial charge is 2.00 e. The first-order valence-corrected chi connectivity index (χ1v) is 18.6. The molecule has 10 rings (SSSR count). The van der Waals surface area contributed by atoms with Gasteiger partial charge < -0.3 is 19.3 Å². The number of nitrogens with zero attached hydrogens (tertiary/aromatic N) is 5. The number of aryl methyl sites for hydroxylation is 1. The molecule has 6 heteroatoms. The van der Waals surface area contributed by atoms with Crippen LogP contribution >= 0.6 is 0 Å². The third-order valence-electron chi connectivity index (χ3n) is 10.6. The Bertz CT molecular complexity index is 2790. The van der Waals surface area contributed by atoms with Crippen molar-refractivity contribution in [2.75, 3.05) is 28.4 Å². The summed E-state index contributed by atoms with van der Waals surface area (Å²) in [5, 5.41) is 2.28. The molecule has 0 unspecified atom stereocenters.